The molecule has 1 atom stereocenters. The Labute approximate surface area is 118 Å². The van der Waals surface area contributed by atoms with Gasteiger partial charge in [-0.3, -0.25) is 5.41 Å². The van der Waals surface area contributed by atoms with Crippen LogP contribution in [0.3, 0.4) is 0 Å². The van der Waals surface area contributed by atoms with E-state index >= 15 is 0 Å². The molecule has 1 saturated heterocycles. The van der Waals surface area contributed by atoms with Crippen molar-refractivity contribution < 1.29 is 17.9 Å². The Morgan fingerprint density at radius 2 is 2.15 bits per heavy atom. The van der Waals surface area contributed by atoms with Gasteiger partial charge in [-0.1, -0.05) is 17.8 Å². The Balaban J connectivity index is 1.86. The van der Waals surface area contributed by atoms with Crippen LogP contribution in [0.15, 0.2) is 0 Å². The molecule has 1 N–H and O–H groups in total. The number of ether oxygens (including phenoxy) is 1. The zero-order valence-corrected chi connectivity index (χ0v) is 11.7. The van der Waals surface area contributed by atoms with Crippen LogP contribution in [-0.4, -0.2) is 28.7 Å². The van der Waals surface area contributed by atoms with Gasteiger partial charge in [-0.05, 0) is 25.7 Å². The van der Waals surface area contributed by atoms with Gasteiger partial charge in [-0.25, -0.2) is 4.68 Å². The van der Waals surface area contributed by atoms with Crippen LogP contribution in [0, 0.1) is 5.41 Å². The lowest BCUT2D eigenvalue weighted by Crippen LogP contribution is -2.48. The molecular weight excluding hydrogens is 291 g/mol. The third-order valence-corrected chi connectivity index (χ3v) is 5.27. The fraction of sp³-hybridized carbons (Fsp3) is 0.833. The van der Waals surface area contributed by atoms with Crippen LogP contribution >= 0.6 is 11.3 Å². The molecule has 112 valence electrons. The van der Waals surface area contributed by atoms with E-state index in [1.165, 1.54) is 4.68 Å². The van der Waals surface area contributed by atoms with Crippen molar-refractivity contribution in [2.75, 3.05) is 6.61 Å². The molecule has 1 aromatic rings. The maximum absolute atomic E-state index is 13.3. The summed E-state index contributed by atoms with van der Waals surface area (Å²) in [6, 6.07) is 0. The van der Waals surface area contributed by atoms with Crippen molar-refractivity contribution in [3.8, 4) is 0 Å². The van der Waals surface area contributed by atoms with Gasteiger partial charge in [0.25, 0.3) is 0 Å². The van der Waals surface area contributed by atoms with Gasteiger partial charge < -0.3 is 4.74 Å². The van der Waals surface area contributed by atoms with E-state index in [1.54, 1.807) is 0 Å². The minimum Gasteiger partial charge on any atom is -0.376 e. The molecule has 0 spiro atoms. The quantitative estimate of drug-likeness (QED) is 0.933. The molecule has 0 radical (unpaired) electrons. The first-order valence-corrected chi connectivity index (χ1v) is 7.55. The number of nitrogens with one attached hydrogen (secondary N) is 1. The highest BCUT2D eigenvalue weighted by atomic mass is 32.1. The van der Waals surface area contributed by atoms with Crippen LogP contribution in [0.4, 0.5) is 13.2 Å². The van der Waals surface area contributed by atoms with Gasteiger partial charge in [0.2, 0.25) is 0 Å². The number of hydrogen-bond donors (Lipinski definition) is 1. The summed E-state index contributed by atoms with van der Waals surface area (Å²) in [6.07, 6.45) is -1.73. The lowest BCUT2D eigenvalue weighted by molar-refractivity contribution is -0.213. The molecule has 1 aliphatic heterocycles. The number of alkyl halides is 3. The Hall–Kier alpha value is -0.890. The van der Waals surface area contributed by atoms with Crippen LogP contribution in [0.1, 0.15) is 37.1 Å². The molecule has 0 aromatic carbocycles. The largest absolute Gasteiger partial charge is 0.400 e. The number of halogens is 3. The molecule has 4 nitrogen and oxygen atoms in total. The normalized spacial score (nSPS) is 25.6. The van der Waals surface area contributed by atoms with Crippen molar-refractivity contribution in [3.05, 3.63) is 9.81 Å². The molecular formula is C12H16F3N3OS. The summed E-state index contributed by atoms with van der Waals surface area (Å²) in [7, 11) is 0. The monoisotopic (exact) mass is 307 g/mol. The summed E-state index contributed by atoms with van der Waals surface area (Å²) in [5, 5.41) is 12.0. The maximum atomic E-state index is 13.3. The lowest BCUT2D eigenvalue weighted by atomic mass is 9.68. The Morgan fingerprint density at radius 3 is 2.65 bits per heavy atom. The minimum absolute atomic E-state index is 0.0257. The molecule has 2 aliphatic rings. The van der Waals surface area contributed by atoms with Gasteiger partial charge in [0, 0.05) is 6.61 Å². The van der Waals surface area contributed by atoms with E-state index in [-0.39, 0.29) is 28.8 Å². The fourth-order valence-electron chi connectivity index (χ4n) is 2.77. The molecule has 0 amide bonds. The first-order valence-electron chi connectivity index (χ1n) is 6.74. The van der Waals surface area contributed by atoms with Crippen LogP contribution < -0.4 is 4.80 Å². The highest BCUT2D eigenvalue weighted by Crippen LogP contribution is 2.54. The molecule has 1 aromatic heterocycles. The second kappa shape index (κ2) is 4.84. The molecule has 2 heterocycles. The van der Waals surface area contributed by atoms with Gasteiger partial charge in [0.05, 0.1) is 12.6 Å². The first-order chi connectivity index (χ1) is 9.42. The fourth-order valence-corrected chi connectivity index (χ4v) is 3.83. The second-order valence-electron chi connectivity index (χ2n) is 5.46. The Morgan fingerprint density at radius 1 is 1.40 bits per heavy atom. The average molecular weight is 307 g/mol. The molecule has 1 saturated carbocycles. The van der Waals surface area contributed by atoms with Crippen molar-refractivity contribution in [2.24, 2.45) is 0 Å². The van der Waals surface area contributed by atoms with E-state index in [9.17, 15) is 13.2 Å². The van der Waals surface area contributed by atoms with Crippen LogP contribution in [0.2, 0.25) is 0 Å². The highest BCUT2D eigenvalue weighted by molar-refractivity contribution is 7.08. The van der Waals surface area contributed by atoms with Crippen LogP contribution in [0.5, 0.6) is 0 Å². The number of rotatable bonds is 3. The summed E-state index contributed by atoms with van der Waals surface area (Å²) < 4.78 is 46.6. The van der Waals surface area contributed by atoms with Gasteiger partial charge in [-0.2, -0.15) is 18.3 Å². The highest BCUT2D eigenvalue weighted by Gasteiger charge is 2.61. The van der Waals surface area contributed by atoms with Crippen molar-refractivity contribution >= 4 is 11.3 Å². The number of hydrogen-bond acceptors (Lipinski definition) is 4. The molecule has 8 heteroatoms. The lowest BCUT2D eigenvalue weighted by Gasteiger charge is -2.40. The first kappa shape index (κ1) is 14.1. The molecule has 3 rings (SSSR count). The van der Waals surface area contributed by atoms with E-state index < -0.39 is 11.6 Å². The van der Waals surface area contributed by atoms with E-state index in [2.05, 4.69) is 5.10 Å². The maximum Gasteiger partial charge on any atom is 0.400 e. The van der Waals surface area contributed by atoms with Gasteiger partial charge in [0.1, 0.15) is 10.4 Å². The minimum atomic E-state index is -4.28. The molecule has 1 aliphatic carbocycles. The summed E-state index contributed by atoms with van der Waals surface area (Å²) in [6.45, 7) is 1.06. The van der Waals surface area contributed by atoms with Crippen molar-refractivity contribution in [2.45, 2.75) is 56.3 Å². The average Bonchev–Trinajstić information content (AvgIpc) is 2.87. The topological polar surface area (TPSA) is 50.9 Å². The molecule has 0 unspecified atom stereocenters. The zero-order valence-electron chi connectivity index (χ0n) is 10.9. The third kappa shape index (κ3) is 2.18. The predicted molar refractivity (Wildman–Crippen MR) is 66.5 cm³/mol. The SMILES string of the molecule is N=c1sc(C2(C(F)(F)F)CCC2)nn1C[C@H]1CCCO1. The van der Waals surface area contributed by atoms with Crippen LogP contribution in [0.25, 0.3) is 0 Å². The standard InChI is InChI=1S/C12H16F3N3OS/c13-12(14,15)11(4-2-5-11)9-17-18(10(16)20-9)7-8-3-1-6-19-8/h8,16H,1-7H2/t8-/m1/s1. The molecule has 20 heavy (non-hydrogen) atoms. The molecule has 2 fully saturated rings. The van der Waals surface area contributed by atoms with Crippen molar-refractivity contribution in [1.82, 2.24) is 9.78 Å². The summed E-state index contributed by atoms with van der Waals surface area (Å²) in [4.78, 5) is 0.0750. The summed E-state index contributed by atoms with van der Waals surface area (Å²) in [5.74, 6) is 0. The van der Waals surface area contributed by atoms with Crippen molar-refractivity contribution in [1.29, 1.82) is 5.41 Å². The zero-order chi connectivity index (χ0) is 14.4. The number of aromatic nitrogens is 2. The van der Waals surface area contributed by atoms with Gasteiger partial charge in [0.15, 0.2) is 4.80 Å². The van der Waals surface area contributed by atoms with E-state index in [0.29, 0.717) is 19.6 Å². The smallest absolute Gasteiger partial charge is 0.376 e. The summed E-state index contributed by atoms with van der Waals surface area (Å²) >= 11 is 0.850. The number of nitrogens with zero attached hydrogens (tertiary/aromatic N) is 2. The summed E-state index contributed by atoms with van der Waals surface area (Å²) in [5.41, 5.74) is -1.81. The van der Waals surface area contributed by atoms with Gasteiger partial charge in [-0.15, -0.1) is 0 Å². The molecule has 0 bridgehead atoms. The van der Waals surface area contributed by atoms with E-state index in [0.717, 1.165) is 24.2 Å². The third-order valence-electron chi connectivity index (χ3n) is 4.20. The predicted octanol–water partition coefficient (Wildman–Crippen LogP) is 2.59. The van der Waals surface area contributed by atoms with Crippen molar-refractivity contribution in [3.63, 3.8) is 0 Å². The second-order valence-corrected chi connectivity index (χ2v) is 6.44. The van der Waals surface area contributed by atoms with Crippen LogP contribution in [-0.2, 0) is 16.7 Å². The van der Waals surface area contributed by atoms with Gasteiger partial charge >= 0.3 is 6.18 Å². The van der Waals surface area contributed by atoms with E-state index in [1.807, 2.05) is 0 Å². The Kier molecular flexibility index (Phi) is 3.40. The Bertz CT molecular complexity index is 541. The van der Waals surface area contributed by atoms with E-state index in [4.69, 9.17) is 10.1 Å².